The topological polar surface area (TPSA) is 39.9 Å². The molecule has 0 saturated heterocycles. The zero-order chi connectivity index (χ0) is 30.4. The summed E-state index contributed by atoms with van der Waals surface area (Å²) in [5, 5.41) is 4.50. The van der Waals surface area contributed by atoms with E-state index >= 15 is 0 Å². The van der Waals surface area contributed by atoms with E-state index in [2.05, 4.69) is 113 Å². The second kappa shape index (κ2) is 10.8. The van der Waals surface area contributed by atoms with Crippen molar-refractivity contribution in [2.75, 3.05) is 0 Å². The third-order valence-electron chi connectivity index (χ3n) is 8.31. The summed E-state index contributed by atoms with van der Waals surface area (Å²) in [7, 11) is 0. The number of hydrogen-bond donors (Lipinski definition) is 0. The van der Waals surface area contributed by atoms with E-state index in [0.29, 0.717) is 11.5 Å². The van der Waals surface area contributed by atoms with Crippen molar-refractivity contribution in [2.24, 2.45) is 0 Å². The van der Waals surface area contributed by atoms with Crippen molar-refractivity contribution in [3.63, 3.8) is 0 Å². The Kier molecular flexibility index (Phi) is 7.20. The van der Waals surface area contributed by atoms with Gasteiger partial charge in [-0.15, -0.1) is 40.3 Å². The van der Waals surface area contributed by atoms with Crippen LogP contribution in [0.2, 0.25) is 0 Å². The predicted octanol–water partition coefficient (Wildman–Crippen LogP) is 11.1. The Morgan fingerprint density at radius 3 is 2.27 bits per heavy atom. The maximum absolute atomic E-state index is 6.47. The summed E-state index contributed by atoms with van der Waals surface area (Å²) in [6.45, 7) is 13.4. The average Bonchev–Trinajstić information content (AvgIpc) is 3.63. The van der Waals surface area contributed by atoms with E-state index in [1.54, 1.807) is 11.3 Å². The maximum atomic E-state index is 6.47. The van der Waals surface area contributed by atoms with E-state index in [4.69, 9.17) is 14.7 Å². The van der Waals surface area contributed by atoms with Gasteiger partial charge in [-0.3, -0.25) is 4.98 Å². The molecule has 8 rings (SSSR count). The Morgan fingerprint density at radius 2 is 1.47 bits per heavy atom. The van der Waals surface area contributed by atoms with Gasteiger partial charge in [-0.1, -0.05) is 82.1 Å². The maximum Gasteiger partial charge on any atom is 2.00 e. The fraction of sp³-hybridized carbons (Fsp3) is 0.211. The van der Waals surface area contributed by atoms with Gasteiger partial charge in [0.2, 0.25) is 0 Å². The summed E-state index contributed by atoms with van der Waals surface area (Å²) in [6.07, 6.45) is 3.92. The number of hydrogen-bond acceptors (Lipinski definition) is 5. The van der Waals surface area contributed by atoms with Crippen LogP contribution >= 0.6 is 22.7 Å². The van der Waals surface area contributed by atoms with E-state index in [1.807, 2.05) is 35.9 Å². The molecule has 8 aromatic rings. The van der Waals surface area contributed by atoms with Crippen LogP contribution in [-0.4, -0.2) is 14.5 Å². The van der Waals surface area contributed by atoms with Crippen LogP contribution in [0.5, 0.6) is 11.5 Å². The monoisotopic (exact) mass is 804 g/mol. The molecule has 0 radical (unpaired) electrons. The quantitative estimate of drug-likeness (QED) is 0.167. The number of nitrogens with zero attached hydrogens (tertiary/aromatic N) is 3. The minimum Gasteiger partial charge on any atom is -0.503 e. The molecule has 226 valence electrons. The van der Waals surface area contributed by atoms with E-state index in [9.17, 15) is 0 Å². The van der Waals surface area contributed by atoms with Crippen molar-refractivity contribution in [3.05, 3.63) is 102 Å². The molecule has 0 aliphatic heterocycles. The molecule has 0 spiro atoms. The summed E-state index contributed by atoms with van der Waals surface area (Å²) in [6, 6.07) is 30.4. The number of para-hydroxylation sites is 1. The summed E-state index contributed by atoms with van der Waals surface area (Å²) < 4.78 is 12.3. The van der Waals surface area contributed by atoms with Gasteiger partial charge in [0.25, 0.3) is 0 Å². The van der Waals surface area contributed by atoms with Crippen molar-refractivity contribution in [1.29, 1.82) is 0 Å². The molecule has 0 bridgehead atoms. The number of pyridine rings is 2. The van der Waals surface area contributed by atoms with Gasteiger partial charge in [-0.2, -0.15) is 17.4 Å². The zero-order valence-corrected chi connectivity index (χ0v) is 29.8. The van der Waals surface area contributed by atoms with Gasteiger partial charge in [0, 0.05) is 43.6 Å². The van der Waals surface area contributed by atoms with Gasteiger partial charge < -0.3 is 9.30 Å². The van der Waals surface area contributed by atoms with Gasteiger partial charge in [0.15, 0.2) is 0 Å². The van der Waals surface area contributed by atoms with Crippen molar-refractivity contribution >= 4 is 74.2 Å². The molecule has 0 amide bonds. The normalized spacial score (nSPS) is 12.5. The van der Waals surface area contributed by atoms with Gasteiger partial charge in [-0.25, -0.2) is 4.98 Å². The molecule has 7 heteroatoms. The van der Waals surface area contributed by atoms with Gasteiger partial charge in [-0.05, 0) is 57.0 Å². The van der Waals surface area contributed by atoms with E-state index in [0.717, 1.165) is 38.5 Å². The molecule has 0 fully saturated rings. The average molecular weight is 805 g/mol. The summed E-state index contributed by atoms with van der Waals surface area (Å²) in [4.78, 5) is 9.72. The minimum atomic E-state index is 0. The molecule has 0 aliphatic carbocycles. The molecule has 3 aromatic carbocycles. The number of fused-ring (bicyclic) bond motifs is 8. The molecule has 0 N–H and O–H groups in total. The van der Waals surface area contributed by atoms with Crippen molar-refractivity contribution in [2.45, 2.75) is 52.4 Å². The third-order valence-corrected chi connectivity index (χ3v) is 10.7. The van der Waals surface area contributed by atoms with Gasteiger partial charge in [0.05, 0.1) is 0 Å². The fourth-order valence-electron chi connectivity index (χ4n) is 5.85. The van der Waals surface area contributed by atoms with Crippen molar-refractivity contribution in [1.82, 2.24) is 14.5 Å². The number of ether oxygens (including phenoxy) is 1. The number of rotatable bonds is 3. The molecule has 0 atom stereocenters. The van der Waals surface area contributed by atoms with E-state index in [-0.39, 0.29) is 31.9 Å². The molecular weight excluding hydrogens is 774 g/mol. The number of benzene rings is 3. The fourth-order valence-corrected chi connectivity index (χ4v) is 8.38. The predicted molar refractivity (Wildman–Crippen MR) is 186 cm³/mol. The first-order valence-electron chi connectivity index (χ1n) is 14.8. The van der Waals surface area contributed by atoms with Crippen molar-refractivity contribution in [3.8, 4) is 17.3 Å². The molecule has 0 aliphatic rings. The molecule has 5 aromatic heterocycles. The van der Waals surface area contributed by atoms with Crippen LogP contribution in [0.4, 0.5) is 0 Å². The second-order valence-corrected chi connectivity index (χ2v) is 15.8. The Hall–Kier alpha value is -3.57. The van der Waals surface area contributed by atoms with Gasteiger partial charge >= 0.3 is 21.1 Å². The molecular formula is C38H31N3OPtS2. The van der Waals surface area contributed by atoms with Gasteiger partial charge in [0.1, 0.15) is 5.82 Å². The number of aromatic nitrogens is 3. The SMILES string of the molecule is CC(C)(C)c1ccnc(-n2c3[c-]c(Oc4[c-]c5c(cc4)sc4sc6cc(C(C)(C)C)cnc6c45)ccc3c3ccccc32)c1.[Pt+2]. The zero-order valence-electron chi connectivity index (χ0n) is 25.9. The minimum absolute atomic E-state index is 0. The van der Waals surface area contributed by atoms with Crippen LogP contribution in [-0.2, 0) is 31.9 Å². The van der Waals surface area contributed by atoms with Crippen LogP contribution in [0.15, 0.2) is 79.1 Å². The number of thiophene rings is 2. The van der Waals surface area contributed by atoms with Crippen LogP contribution in [0.25, 0.3) is 57.3 Å². The third kappa shape index (κ3) is 5.08. The Morgan fingerprint density at radius 1 is 0.733 bits per heavy atom. The molecule has 5 heterocycles. The first-order chi connectivity index (χ1) is 21.0. The molecule has 0 unspecified atom stereocenters. The largest absolute Gasteiger partial charge is 2.00 e. The Labute approximate surface area is 285 Å². The molecule has 0 saturated carbocycles. The standard InChI is InChI=1S/C38H31N3OS2.Pt/c1-37(2,3)22-15-16-39-33(18-22)41-29-10-8-7-9-26(29)27-13-11-25(20-30(27)41)42-24-12-14-31-28(19-24)34-35-32(44-36(34)43-31)17-23(21-40-35)38(4,5)6;/h7-18,21H,1-6H3;/q-2;+2. The van der Waals surface area contributed by atoms with Crippen LogP contribution in [0.3, 0.4) is 0 Å². The second-order valence-electron chi connectivity index (χ2n) is 13.4. The Bertz CT molecular complexity index is 2400. The van der Waals surface area contributed by atoms with E-state index < -0.39 is 0 Å². The molecule has 4 nitrogen and oxygen atoms in total. The Balaban J connectivity index is 0.00000325. The first-order valence-corrected chi connectivity index (χ1v) is 16.5. The molecule has 45 heavy (non-hydrogen) atoms. The smallest absolute Gasteiger partial charge is 0.503 e. The summed E-state index contributed by atoms with van der Waals surface area (Å²) in [5.74, 6) is 2.17. The van der Waals surface area contributed by atoms with Crippen LogP contribution in [0, 0.1) is 12.1 Å². The van der Waals surface area contributed by atoms with Crippen LogP contribution in [0.1, 0.15) is 52.7 Å². The summed E-state index contributed by atoms with van der Waals surface area (Å²) in [5.41, 5.74) is 5.62. The van der Waals surface area contributed by atoms with Crippen LogP contribution < -0.4 is 4.74 Å². The summed E-state index contributed by atoms with van der Waals surface area (Å²) >= 11 is 3.61. The van der Waals surface area contributed by atoms with Crippen molar-refractivity contribution < 1.29 is 25.8 Å². The first kappa shape index (κ1) is 30.1. The van der Waals surface area contributed by atoms with E-state index in [1.165, 1.54) is 29.9 Å².